The number of nitriles is 1. The minimum Gasteiger partial charge on any atom is -0.452 e. The zero-order chi connectivity index (χ0) is 17.9. The smallest absolute Gasteiger partial charge is 0.351 e. The van der Waals surface area contributed by atoms with Gasteiger partial charge in [0.05, 0.1) is 6.07 Å². The van der Waals surface area contributed by atoms with Crippen molar-refractivity contribution < 1.29 is 18.7 Å². The van der Waals surface area contributed by atoms with Gasteiger partial charge in [0.15, 0.2) is 6.61 Å². The molecule has 0 spiro atoms. The zero-order valence-electron chi connectivity index (χ0n) is 13.4. The molecule has 25 heavy (non-hydrogen) atoms. The fourth-order valence-corrected chi connectivity index (χ4v) is 2.96. The van der Waals surface area contributed by atoms with Crippen LogP contribution in [-0.4, -0.2) is 24.0 Å². The van der Waals surface area contributed by atoms with Gasteiger partial charge in [0.2, 0.25) is 0 Å². The maximum atomic E-state index is 12.1. The number of carbonyl (C=O) groups excluding carboxylic acids is 2. The molecule has 7 heteroatoms. The number of nitrogens with zero attached hydrogens (tertiary/aromatic N) is 1. The van der Waals surface area contributed by atoms with E-state index in [4.69, 9.17) is 9.15 Å². The third-order valence-corrected chi connectivity index (χ3v) is 4.25. The molecule has 1 fully saturated rings. The topological polar surface area (TPSA) is 109 Å². The highest BCUT2D eigenvalue weighted by Crippen LogP contribution is 2.28. The molecule has 1 aliphatic rings. The highest BCUT2D eigenvalue weighted by Gasteiger charge is 2.35. The number of nitrogens with one attached hydrogen (secondary N) is 1. The number of ether oxygens (including phenoxy) is 1. The van der Waals surface area contributed by atoms with Crippen molar-refractivity contribution in [3.63, 3.8) is 0 Å². The van der Waals surface area contributed by atoms with E-state index in [1.807, 2.05) is 0 Å². The lowest BCUT2D eigenvalue weighted by molar-refractivity contribution is -0.125. The Morgan fingerprint density at radius 2 is 2.00 bits per heavy atom. The Balaban J connectivity index is 1.67. The molecule has 0 saturated heterocycles. The van der Waals surface area contributed by atoms with Gasteiger partial charge in [0.1, 0.15) is 16.7 Å². The SMILES string of the molecule is N#CC1(NC(=O)COC(=O)c2cc3ccccc3oc2=O)CCCC1. The fraction of sp³-hybridized carbons (Fsp3) is 0.333. The van der Waals surface area contributed by atoms with Crippen LogP contribution in [-0.2, 0) is 9.53 Å². The Labute approximate surface area is 143 Å². The van der Waals surface area contributed by atoms with Gasteiger partial charge in [-0.05, 0) is 37.8 Å². The van der Waals surface area contributed by atoms with E-state index < -0.39 is 29.6 Å². The van der Waals surface area contributed by atoms with Gasteiger partial charge in [-0.1, -0.05) is 18.2 Å². The van der Waals surface area contributed by atoms with Crippen molar-refractivity contribution in [2.75, 3.05) is 6.61 Å². The number of hydrogen-bond donors (Lipinski definition) is 1. The Hall–Kier alpha value is -3.14. The second-order valence-corrected chi connectivity index (χ2v) is 6.01. The summed E-state index contributed by atoms with van der Waals surface area (Å²) >= 11 is 0. The van der Waals surface area contributed by atoms with Crippen LogP contribution in [0.3, 0.4) is 0 Å². The first kappa shape index (κ1) is 16.7. The number of benzene rings is 1. The van der Waals surface area contributed by atoms with E-state index in [0.29, 0.717) is 23.8 Å². The minimum atomic E-state index is -0.938. The second-order valence-electron chi connectivity index (χ2n) is 6.01. The van der Waals surface area contributed by atoms with Crippen LogP contribution in [0.15, 0.2) is 39.5 Å². The van der Waals surface area contributed by atoms with E-state index >= 15 is 0 Å². The lowest BCUT2D eigenvalue weighted by atomic mass is 10.00. The molecule has 1 heterocycles. The standard InChI is InChI=1S/C18H16N2O5/c19-11-18(7-3-4-8-18)20-15(21)10-24-16(22)13-9-12-5-1-2-6-14(12)25-17(13)23/h1-2,5-6,9H,3-4,7-8,10H2,(H,20,21). The van der Waals surface area contributed by atoms with Crippen molar-refractivity contribution >= 4 is 22.8 Å². The normalized spacial score (nSPS) is 15.5. The Morgan fingerprint density at radius 3 is 2.72 bits per heavy atom. The van der Waals surface area contributed by atoms with Gasteiger partial charge in [-0.2, -0.15) is 5.26 Å². The first-order valence-corrected chi connectivity index (χ1v) is 7.95. The quantitative estimate of drug-likeness (QED) is 0.672. The summed E-state index contributed by atoms with van der Waals surface area (Å²) < 4.78 is 9.96. The van der Waals surface area contributed by atoms with Crippen molar-refractivity contribution in [1.82, 2.24) is 5.32 Å². The molecule has 128 valence electrons. The van der Waals surface area contributed by atoms with Gasteiger partial charge in [-0.25, -0.2) is 9.59 Å². The molecule has 0 radical (unpaired) electrons. The average Bonchev–Trinajstić information content (AvgIpc) is 3.08. The molecule has 1 aliphatic carbocycles. The molecule has 0 aliphatic heterocycles. The van der Waals surface area contributed by atoms with Gasteiger partial charge >= 0.3 is 11.6 Å². The molecule has 0 bridgehead atoms. The largest absolute Gasteiger partial charge is 0.452 e. The highest BCUT2D eigenvalue weighted by atomic mass is 16.5. The number of carbonyl (C=O) groups is 2. The van der Waals surface area contributed by atoms with Crippen LogP contribution in [0.2, 0.25) is 0 Å². The molecular weight excluding hydrogens is 324 g/mol. The monoisotopic (exact) mass is 340 g/mol. The van der Waals surface area contributed by atoms with E-state index in [1.165, 1.54) is 6.07 Å². The van der Waals surface area contributed by atoms with Gasteiger partial charge in [-0.3, -0.25) is 4.79 Å². The summed E-state index contributed by atoms with van der Waals surface area (Å²) in [7, 11) is 0. The maximum Gasteiger partial charge on any atom is 0.351 e. The summed E-state index contributed by atoms with van der Waals surface area (Å²) in [4.78, 5) is 35.9. The van der Waals surface area contributed by atoms with Crippen molar-refractivity contribution in [2.45, 2.75) is 31.2 Å². The molecular formula is C18H16N2O5. The summed E-state index contributed by atoms with van der Waals surface area (Å²) in [5, 5.41) is 12.4. The van der Waals surface area contributed by atoms with Crippen LogP contribution >= 0.6 is 0 Å². The predicted octanol–water partition coefficient (Wildman–Crippen LogP) is 1.90. The lowest BCUT2D eigenvalue weighted by Crippen LogP contribution is -2.46. The van der Waals surface area contributed by atoms with Crippen molar-refractivity contribution in [3.05, 3.63) is 46.3 Å². The van der Waals surface area contributed by atoms with E-state index in [2.05, 4.69) is 11.4 Å². The van der Waals surface area contributed by atoms with Gasteiger partial charge in [0.25, 0.3) is 5.91 Å². The van der Waals surface area contributed by atoms with E-state index in [1.54, 1.807) is 24.3 Å². The molecule has 7 nitrogen and oxygen atoms in total. The van der Waals surface area contributed by atoms with Crippen LogP contribution < -0.4 is 10.9 Å². The van der Waals surface area contributed by atoms with Crippen LogP contribution in [0, 0.1) is 11.3 Å². The lowest BCUT2D eigenvalue weighted by Gasteiger charge is -2.21. The number of amides is 1. The number of para-hydroxylation sites is 1. The highest BCUT2D eigenvalue weighted by molar-refractivity contribution is 5.94. The molecule has 0 atom stereocenters. The van der Waals surface area contributed by atoms with Gasteiger partial charge in [0, 0.05) is 5.39 Å². The summed E-state index contributed by atoms with van der Waals surface area (Å²) in [6.07, 6.45) is 2.90. The second kappa shape index (κ2) is 6.77. The van der Waals surface area contributed by atoms with Gasteiger partial charge < -0.3 is 14.5 Å². The van der Waals surface area contributed by atoms with Crippen LogP contribution in [0.4, 0.5) is 0 Å². The number of fused-ring (bicyclic) bond motifs is 1. The van der Waals surface area contributed by atoms with Gasteiger partial charge in [-0.15, -0.1) is 0 Å². The first-order chi connectivity index (χ1) is 12.0. The van der Waals surface area contributed by atoms with Crippen LogP contribution in [0.25, 0.3) is 11.0 Å². The zero-order valence-corrected chi connectivity index (χ0v) is 13.4. The number of esters is 1. The molecule has 1 amide bonds. The molecule has 2 aromatic rings. The summed E-state index contributed by atoms with van der Waals surface area (Å²) in [6, 6.07) is 10.2. The molecule has 1 saturated carbocycles. The molecule has 1 aromatic heterocycles. The summed E-state index contributed by atoms with van der Waals surface area (Å²) in [5.74, 6) is -1.51. The Bertz CT molecular complexity index is 919. The van der Waals surface area contributed by atoms with Crippen molar-refractivity contribution in [3.8, 4) is 6.07 Å². The summed E-state index contributed by atoms with van der Waals surface area (Å²) in [5.41, 5.74) is -1.62. The molecule has 3 rings (SSSR count). The number of hydrogen-bond acceptors (Lipinski definition) is 6. The third kappa shape index (κ3) is 3.53. The van der Waals surface area contributed by atoms with Crippen molar-refractivity contribution in [1.29, 1.82) is 5.26 Å². The van der Waals surface area contributed by atoms with E-state index in [-0.39, 0.29) is 5.56 Å². The first-order valence-electron chi connectivity index (χ1n) is 7.95. The molecule has 1 aromatic carbocycles. The molecule has 1 N–H and O–H groups in total. The minimum absolute atomic E-state index is 0.276. The van der Waals surface area contributed by atoms with Crippen molar-refractivity contribution in [2.24, 2.45) is 0 Å². The third-order valence-electron chi connectivity index (χ3n) is 4.25. The Morgan fingerprint density at radius 1 is 1.28 bits per heavy atom. The fourth-order valence-electron chi connectivity index (χ4n) is 2.96. The van der Waals surface area contributed by atoms with E-state index in [9.17, 15) is 19.6 Å². The summed E-state index contributed by atoms with van der Waals surface area (Å²) in [6.45, 7) is -0.561. The Kier molecular flexibility index (Phi) is 4.52. The maximum absolute atomic E-state index is 12.1. The van der Waals surface area contributed by atoms with Crippen LogP contribution in [0.1, 0.15) is 36.0 Å². The molecule has 0 unspecified atom stereocenters. The number of rotatable bonds is 4. The predicted molar refractivity (Wildman–Crippen MR) is 87.7 cm³/mol. The van der Waals surface area contributed by atoms with E-state index in [0.717, 1.165) is 12.8 Å². The average molecular weight is 340 g/mol. The van der Waals surface area contributed by atoms with Crippen LogP contribution in [0.5, 0.6) is 0 Å².